The van der Waals surface area contributed by atoms with E-state index < -0.39 is 23.1 Å². The molecule has 2 aliphatic heterocycles. The van der Waals surface area contributed by atoms with Gasteiger partial charge in [0, 0.05) is 24.7 Å². The maximum Gasteiger partial charge on any atom is 0.335 e. The van der Waals surface area contributed by atoms with E-state index in [1.165, 1.54) is 35.2 Å². The number of rotatable bonds is 6. The maximum absolute atomic E-state index is 12.7. The molecule has 0 radical (unpaired) electrons. The fourth-order valence-electron chi connectivity index (χ4n) is 3.42. The van der Waals surface area contributed by atoms with Gasteiger partial charge in [0.25, 0.3) is 11.1 Å². The van der Waals surface area contributed by atoms with Gasteiger partial charge in [0.1, 0.15) is 18.1 Å². The van der Waals surface area contributed by atoms with Crippen LogP contribution in [0.25, 0.3) is 17.4 Å². The number of ether oxygens (including phenoxy) is 1. The zero-order chi connectivity index (χ0) is 24.4. The summed E-state index contributed by atoms with van der Waals surface area (Å²) in [7, 11) is 0. The van der Waals surface area contributed by atoms with Crippen molar-refractivity contribution in [3.8, 4) is 11.3 Å². The topological polar surface area (TPSA) is 155 Å². The molecule has 3 heterocycles. The summed E-state index contributed by atoms with van der Waals surface area (Å²) in [5, 5.41) is 17.9. The zero-order valence-corrected chi connectivity index (χ0v) is 18.4. The molecule has 1 aromatic carbocycles. The van der Waals surface area contributed by atoms with Gasteiger partial charge in [-0.05, 0) is 42.1 Å². The van der Waals surface area contributed by atoms with Crippen molar-refractivity contribution in [1.29, 1.82) is 0 Å². The Morgan fingerprint density at radius 1 is 1.00 bits per heavy atom. The molecule has 3 amide bonds. The molecule has 0 atom stereocenters. The molecule has 2 saturated heterocycles. The summed E-state index contributed by atoms with van der Waals surface area (Å²) in [5.74, 6) is -3.20. The monoisotopic (exact) mass is 486 g/mol. The molecular weight excluding hydrogens is 468 g/mol. The van der Waals surface area contributed by atoms with E-state index >= 15 is 0 Å². The third kappa shape index (κ3) is 4.87. The number of imide groups is 1. The number of carbonyl (C=O) groups excluding carboxylic acids is 3. The van der Waals surface area contributed by atoms with Crippen molar-refractivity contribution in [2.45, 2.75) is 0 Å². The van der Waals surface area contributed by atoms with Gasteiger partial charge in [0.15, 0.2) is 0 Å². The minimum Gasteiger partial charge on any atom is -0.478 e. The van der Waals surface area contributed by atoms with E-state index in [0.717, 1.165) is 11.0 Å². The number of morpholine rings is 1. The van der Waals surface area contributed by atoms with Crippen molar-refractivity contribution in [2.75, 3.05) is 32.8 Å². The molecule has 2 N–H and O–H groups in total. The average molecular weight is 486 g/mol. The van der Waals surface area contributed by atoms with E-state index in [4.69, 9.17) is 9.15 Å². The lowest BCUT2D eigenvalue weighted by molar-refractivity contribution is -0.139. The summed E-state index contributed by atoms with van der Waals surface area (Å²) >= 11 is 0.671. The first-order valence-electron chi connectivity index (χ1n) is 10.1. The van der Waals surface area contributed by atoms with Gasteiger partial charge in [0.2, 0.25) is 5.91 Å². The molecule has 0 spiro atoms. The van der Waals surface area contributed by atoms with E-state index in [1.807, 2.05) is 0 Å². The van der Waals surface area contributed by atoms with Crippen LogP contribution < -0.4 is 0 Å². The Morgan fingerprint density at radius 3 is 2.26 bits per heavy atom. The second-order valence-corrected chi connectivity index (χ2v) is 8.37. The smallest absolute Gasteiger partial charge is 0.335 e. The molecule has 4 rings (SSSR count). The zero-order valence-electron chi connectivity index (χ0n) is 17.6. The first-order chi connectivity index (χ1) is 16.2. The Hall–Kier alpha value is -3.90. The molecule has 0 saturated carbocycles. The van der Waals surface area contributed by atoms with Crippen molar-refractivity contribution in [2.24, 2.45) is 0 Å². The highest BCUT2D eigenvalue weighted by Gasteiger charge is 2.37. The molecule has 12 heteroatoms. The molecule has 1 aromatic heterocycles. The number of furan rings is 1. The van der Waals surface area contributed by atoms with Gasteiger partial charge in [-0.3, -0.25) is 19.3 Å². The number of aromatic carboxylic acids is 2. The molecule has 2 aromatic rings. The lowest BCUT2D eigenvalue weighted by Crippen LogP contribution is -2.46. The summed E-state index contributed by atoms with van der Waals surface area (Å²) in [5.41, 5.74) is -0.223. The predicted octanol–water partition coefficient (Wildman–Crippen LogP) is 2.24. The number of benzene rings is 1. The fourth-order valence-corrected chi connectivity index (χ4v) is 4.23. The van der Waals surface area contributed by atoms with Gasteiger partial charge in [-0.1, -0.05) is 0 Å². The van der Waals surface area contributed by atoms with Gasteiger partial charge in [-0.25, -0.2) is 9.59 Å². The van der Waals surface area contributed by atoms with Gasteiger partial charge in [-0.15, -0.1) is 0 Å². The minimum atomic E-state index is -1.29. The normalized spacial score (nSPS) is 17.5. The predicted molar refractivity (Wildman–Crippen MR) is 118 cm³/mol. The first kappa shape index (κ1) is 23.3. The van der Waals surface area contributed by atoms with Gasteiger partial charge in [0.05, 0.1) is 29.2 Å². The Morgan fingerprint density at radius 2 is 1.65 bits per heavy atom. The lowest BCUT2D eigenvalue weighted by atomic mass is 10.0. The van der Waals surface area contributed by atoms with Crippen LogP contribution in [-0.4, -0.2) is 81.9 Å². The summed E-state index contributed by atoms with van der Waals surface area (Å²) in [6.07, 6.45) is 1.34. The maximum atomic E-state index is 12.7. The number of thioether (sulfide) groups is 1. The molecule has 0 bridgehead atoms. The number of hydrogen-bond donors (Lipinski definition) is 2. The van der Waals surface area contributed by atoms with Gasteiger partial charge < -0.3 is 24.3 Å². The molecule has 0 unspecified atom stereocenters. The average Bonchev–Trinajstić information content (AvgIpc) is 3.39. The lowest BCUT2D eigenvalue weighted by Gasteiger charge is -2.27. The minimum absolute atomic E-state index is 0.0613. The van der Waals surface area contributed by atoms with Gasteiger partial charge >= 0.3 is 11.9 Å². The van der Waals surface area contributed by atoms with Crippen LogP contribution in [0.15, 0.2) is 39.7 Å². The number of nitrogens with zero attached hydrogens (tertiary/aromatic N) is 2. The van der Waals surface area contributed by atoms with Crippen molar-refractivity contribution >= 4 is 46.8 Å². The summed E-state index contributed by atoms with van der Waals surface area (Å²) in [6, 6.07) is 6.55. The van der Waals surface area contributed by atoms with Crippen molar-refractivity contribution in [1.82, 2.24) is 9.80 Å². The van der Waals surface area contributed by atoms with Crippen LogP contribution in [0.1, 0.15) is 26.5 Å². The van der Waals surface area contributed by atoms with Crippen LogP contribution in [0.4, 0.5) is 4.79 Å². The highest BCUT2D eigenvalue weighted by Crippen LogP contribution is 2.33. The van der Waals surface area contributed by atoms with E-state index in [1.54, 1.807) is 0 Å². The van der Waals surface area contributed by atoms with Crippen molar-refractivity contribution in [3.05, 3.63) is 52.1 Å². The fraction of sp³-hybridized carbons (Fsp3) is 0.227. The summed E-state index contributed by atoms with van der Waals surface area (Å²) in [6.45, 7) is 1.22. The molecule has 0 aliphatic carbocycles. The van der Waals surface area contributed by atoms with Crippen molar-refractivity contribution < 1.29 is 43.3 Å². The van der Waals surface area contributed by atoms with Crippen LogP contribution in [-0.2, 0) is 14.3 Å². The van der Waals surface area contributed by atoms with Crippen molar-refractivity contribution in [3.63, 3.8) is 0 Å². The second kappa shape index (κ2) is 9.53. The van der Waals surface area contributed by atoms with E-state index in [-0.39, 0.29) is 45.6 Å². The highest BCUT2D eigenvalue weighted by atomic mass is 32.2. The molecule has 176 valence electrons. The van der Waals surface area contributed by atoms with Crippen LogP contribution >= 0.6 is 11.8 Å². The number of carboxylic acids is 2. The quantitative estimate of drug-likeness (QED) is 0.581. The molecule has 2 fully saturated rings. The first-order valence-corrected chi connectivity index (χ1v) is 10.9. The SMILES string of the molecule is O=C(O)c1cc(C(=O)O)cc(-c2ccc(/C=C3/SC(=O)N(CC(=O)N4CCOCC4)C3=O)o2)c1. The third-order valence-electron chi connectivity index (χ3n) is 5.14. The number of carboxylic acid groups (broad SMARTS) is 2. The van der Waals surface area contributed by atoms with E-state index in [9.17, 15) is 34.2 Å². The number of carbonyl (C=O) groups is 5. The van der Waals surface area contributed by atoms with Gasteiger partial charge in [-0.2, -0.15) is 0 Å². The van der Waals surface area contributed by atoms with Crippen LogP contribution in [0.3, 0.4) is 0 Å². The molecule has 34 heavy (non-hydrogen) atoms. The van der Waals surface area contributed by atoms with E-state index in [0.29, 0.717) is 38.1 Å². The van der Waals surface area contributed by atoms with Crippen LogP contribution in [0, 0.1) is 0 Å². The summed E-state index contributed by atoms with van der Waals surface area (Å²) < 4.78 is 10.8. The standard InChI is InChI=1S/C22H18N2O9S/c25-18(23-3-5-32-6-4-23)11-24-19(26)17(34-22(24)31)10-15-1-2-16(33-15)12-7-13(20(27)28)9-14(8-12)21(29)30/h1-2,7-10H,3-6,11H2,(H,27,28)(H,29,30)/b17-10+. The summed E-state index contributed by atoms with van der Waals surface area (Å²) in [4.78, 5) is 62.6. The Balaban J connectivity index is 1.53. The van der Waals surface area contributed by atoms with E-state index in [2.05, 4.69) is 0 Å². The largest absolute Gasteiger partial charge is 0.478 e. The van der Waals surface area contributed by atoms with Crippen LogP contribution in [0.5, 0.6) is 0 Å². The van der Waals surface area contributed by atoms with Crippen LogP contribution in [0.2, 0.25) is 0 Å². The number of hydrogen-bond acceptors (Lipinski definition) is 8. The molecular formula is C22H18N2O9S. The number of amides is 3. The molecule has 2 aliphatic rings. The highest BCUT2D eigenvalue weighted by molar-refractivity contribution is 8.18. The molecule has 11 nitrogen and oxygen atoms in total. The third-order valence-corrected chi connectivity index (χ3v) is 6.05. The Labute approximate surface area is 196 Å². The Kier molecular flexibility index (Phi) is 6.52. The second-order valence-electron chi connectivity index (χ2n) is 7.37. The Bertz CT molecular complexity index is 1190.